The molecule has 0 aliphatic heterocycles. The summed E-state index contributed by atoms with van der Waals surface area (Å²) in [5.74, 6) is 0.926. The topological polar surface area (TPSA) is 70.7 Å². The lowest BCUT2D eigenvalue weighted by Crippen LogP contribution is -2.11. The second-order valence-corrected chi connectivity index (χ2v) is 5.75. The van der Waals surface area contributed by atoms with Gasteiger partial charge in [0.05, 0.1) is 16.7 Å². The van der Waals surface area contributed by atoms with E-state index in [1.54, 1.807) is 0 Å². The lowest BCUT2D eigenvalue weighted by Gasteiger charge is -2.00. The predicted molar refractivity (Wildman–Crippen MR) is 84.5 cm³/mol. The number of thiazole rings is 1. The van der Waals surface area contributed by atoms with Gasteiger partial charge >= 0.3 is 0 Å². The highest BCUT2D eigenvalue weighted by Crippen LogP contribution is 2.15. The van der Waals surface area contributed by atoms with Gasteiger partial charge in [-0.25, -0.2) is 9.97 Å². The van der Waals surface area contributed by atoms with Crippen molar-refractivity contribution in [2.24, 2.45) is 0 Å². The molecule has 0 atom stereocenters. The molecule has 108 valence electrons. The van der Waals surface area contributed by atoms with Gasteiger partial charge in [0.15, 0.2) is 5.13 Å². The van der Waals surface area contributed by atoms with Gasteiger partial charge in [-0.05, 0) is 25.5 Å². The molecule has 0 fully saturated rings. The summed E-state index contributed by atoms with van der Waals surface area (Å²) < 4.78 is 0. The number of carbonyl (C=O) groups excluding carboxylic acids is 1. The van der Waals surface area contributed by atoms with Crippen molar-refractivity contribution in [3.63, 3.8) is 0 Å². The van der Waals surface area contributed by atoms with Gasteiger partial charge < -0.3 is 10.3 Å². The lowest BCUT2D eigenvalue weighted by molar-refractivity contribution is -0.116. The van der Waals surface area contributed by atoms with Gasteiger partial charge in [0.1, 0.15) is 5.82 Å². The quantitative estimate of drug-likeness (QED) is 0.759. The van der Waals surface area contributed by atoms with Gasteiger partial charge in [-0.2, -0.15) is 0 Å². The smallest absolute Gasteiger partial charge is 0.226 e. The van der Waals surface area contributed by atoms with Gasteiger partial charge in [-0.15, -0.1) is 11.3 Å². The van der Waals surface area contributed by atoms with Crippen LogP contribution >= 0.6 is 11.3 Å². The fourth-order valence-corrected chi connectivity index (χ4v) is 2.84. The van der Waals surface area contributed by atoms with E-state index in [2.05, 4.69) is 20.3 Å². The number of nitrogens with one attached hydrogen (secondary N) is 2. The molecule has 5 nitrogen and oxygen atoms in total. The first-order valence-electron chi connectivity index (χ1n) is 6.86. The van der Waals surface area contributed by atoms with E-state index in [0.29, 0.717) is 11.6 Å². The summed E-state index contributed by atoms with van der Waals surface area (Å²) in [7, 11) is 0. The number of hydrogen-bond acceptors (Lipinski definition) is 4. The van der Waals surface area contributed by atoms with Gasteiger partial charge in [-0.3, -0.25) is 4.79 Å². The number of para-hydroxylation sites is 2. The van der Waals surface area contributed by atoms with Crippen LogP contribution in [0.5, 0.6) is 0 Å². The fraction of sp³-hybridized carbons (Fsp3) is 0.267. The molecule has 3 rings (SSSR count). The van der Waals surface area contributed by atoms with Gasteiger partial charge in [0.2, 0.25) is 5.91 Å². The van der Waals surface area contributed by atoms with Crippen LogP contribution < -0.4 is 5.32 Å². The number of amides is 1. The Morgan fingerprint density at radius 3 is 2.95 bits per heavy atom. The van der Waals surface area contributed by atoms with E-state index < -0.39 is 0 Å². The number of aromatic nitrogens is 3. The molecule has 2 heterocycles. The van der Waals surface area contributed by atoms with Crippen LogP contribution in [0.3, 0.4) is 0 Å². The molecule has 6 heteroatoms. The Morgan fingerprint density at radius 1 is 1.33 bits per heavy atom. The third-order valence-corrected chi connectivity index (χ3v) is 4.00. The molecule has 1 aromatic carbocycles. The average molecular weight is 300 g/mol. The lowest BCUT2D eigenvalue weighted by atomic mass is 10.2. The molecule has 0 bridgehead atoms. The summed E-state index contributed by atoms with van der Waals surface area (Å²) in [6.45, 7) is 1.91. The van der Waals surface area contributed by atoms with Crippen molar-refractivity contribution in [3.8, 4) is 0 Å². The fourth-order valence-electron chi connectivity index (χ4n) is 2.13. The molecule has 0 spiro atoms. The maximum atomic E-state index is 11.8. The molecule has 0 saturated heterocycles. The minimum Gasteiger partial charge on any atom is -0.342 e. The first-order valence-corrected chi connectivity index (χ1v) is 7.74. The Bertz CT molecular complexity index is 729. The number of fused-ring (bicyclic) bond motifs is 1. The maximum Gasteiger partial charge on any atom is 0.226 e. The molecule has 2 aromatic heterocycles. The van der Waals surface area contributed by atoms with Crippen LogP contribution in [0.4, 0.5) is 5.13 Å². The molecule has 0 saturated carbocycles. The minimum absolute atomic E-state index is 0.000427. The number of H-pyrrole nitrogens is 1. The largest absolute Gasteiger partial charge is 0.342 e. The standard InChI is InChI=1S/C15H16N4OS/c1-10-9-21-15(16-10)19-14(20)8-4-7-13-17-11-5-2-3-6-12(11)18-13/h2-3,5-6,9H,4,7-8H2,1H3,(H,17,18)(H,16,19,20). The Kier molecular flexibility index (Phi) is 3.96. The van der Waals surface area contributed by atoms with E-state index in [1.165, 1.54) is 11.3 Å². The number of carbonyl (C=O) groups is 1. The van der Waals surface area contributed by atoms with Gasteiger partial charge in [-0.1, -0.05) is 12.1 Å². The minimum atomic E-state index is 0.000427. The van der Waals surface area contributed by atoms with Crippen LogP contribution in [0.1, 0.15) is 24.4 Å². The highest BCUT2D eigenvalue weighted by molar-refractivity contribution is 7.13. The van der Waals surface area contributed by atoms with E-state index >= 15 is 0 Å². The normalized spacial score (nSPS) is 10.9. The van der Waals surface area contributed by atoms with E-state index in [-0.39, 0.29) is 5.91 Å². The number of aryl methyl sites for hydroxylation is 2. The number of rotatable bonds is 5. The van der Waals surface area contributed by atoms with Gasteiger partial charge in [0.25, 0.3) is 0 Å². The maximum absolute atomic E-state index is 11.8. The van der Waals surface area contributed by atoms with E-state index in [0.717, 1.165) is 35.4 Å². The van der Waals surface area contributed by atoms with Crippen LogP contribution in [-0.2, 0) is 11.2 Å². The van der Waals surface area contributed by atoms with E-state index in [1.807, 2.05) is 36.6 Å². The summed E-state index contributed by atoms with van der Waals surface area (Å²) in [5, 5.41) is 5.40. The molecule has 1 amide bonds. The SMILES string of the molecule is Cc1csc(NC(=O)CCCc2nc3ccccc3[nH]2)n1. The average Bonchev–Trinajstić information content (AvgIpc) is 3.04. The van der Waals surface area contributed by atoms with Crippen molar-refractivity contribution in [1.82, 2.24) is 15.0 Å². The molecular weight excluding hydrogens is 284 g/mol. The molecule has 21 heavy (non-hydrogen) atoms. The summed E-state index contributed by atoms with van der Waals surface area (Å²) in [4.78, 5) is 23.8. The highest BCUT2D eigenvalue weighted by Gasteiger charge is 2.07. The molecule has 3 aromatic rings. The number of aromatic amines is 1. The Hall–Kier alpha value is -2.21. The molecule has 0 radical (unpaired) electrons. The molecule has 0 unspecified atom stereocenters. The van der Waals surface area contributed by atoms with Crippen LogP contribution in [0.2, 0.25) is 0 Å². The van der Waals surface area contributed by atoms with E-state index in [9.17, 15) is 4.79 Å². The van der Waals surface area contributed by atoms with E-state index in [4.69, 9.17) is 0 Å². The number of benzene rings is 1. The van der Waals surface area contributed by atoms with Crippen LogP contribution in [0, 0.1) is 6.92 Å². The number of hydrogen-bond donors (Lipinski definition) is 2. The Labute approximate surface area is 126 Å². The summed E-state index contributed by atoms with van der Waals surface area (Å²) in [6.07, 6.45) is 1.99. The zero-order valence-corrected chi connectivity index (χ0v) is 12.5. The zero-order valence-electron chi connectivity index (χ0n) is 11.7. The second-order valence-electron chi connectivity index (χ2n) is 4.90. The summed E-state index contributed by atoms with van der Waals surface area (Å²) in [5.41, 5.74) is 2.93. The first-order chi connectivity index (χ1) is 10.2. The molecular formula is C15H16N4OS. The number of anilines is 1. The van der Waals surface area contributed by atoms with Crippen LogP contribution in [0.15, 0.2) is 29.6 Å². The molecule has 0 aliphatic carbocycles. The number of nitrogens with zero attached hydrogens (tertiary/aromatic N) is 2. The van der Waals surface area contributed by atoms with Crippen molar-refractivity contribution in [2.45, 2.75) is 26.2 Å². The Balaban J connectivity index is 1.50. The first kappa shape index (κ1) is 13.8. The monoisotopic (exact) mass is 300 g/mol. The Morgan fingerprint density at radius 2 is 2.19 bits per heavy atom. The van der Waals surface area contributed by atoms with Crippen molar-refractivity contribution in [1.29, 1.82) is 0 Å². The molecule has 2 N–H and O–H groups in total. The van der Waals surface area contributed by atoms with Crippen molar-refractivity contribution in [2.75, 3.05) is 5.32 Å². The van der Waals surface area contributed by atoms with Crippen molar-refractivity contribution < 1.29 is 4.79 Å². The third-order valence-electron chi connectivity index (χ3n) is 3.12. The summed E-state index contributed by atoms with van der Waals surface area (Å²) in [6, 6.07) is 7.93. The van der Waals surface area contributed by atoms with Crippen LogP contribution in [0.25, 0.3) is 11.0 Å². The summed E-state index contributed by atoms with van der Waals surface area (Å²) >= 11 is 1.45. The molecule has 0 aliphatic rings. The third kappa shape index (κ3) is 3.46. The van der Waals surface area contributed by atoms with Crippen molar-refractivity contribution in [3.05, 3.63) is 41.2 Å². The van der Waals surface area contributed by atoms with Gasteiger partial charge in [0, 0.05) is 18.2 Å². The van der Waals surface area contributed by atoms with Crippen LogP contribution in [-0.4, -0.2) is 20.9 Å². The van der Waals surface area contributed by atoms with Crippen molar-refractivity contribution >= 4 is 33.4 Å². The predicted octanol–water partition coefficient (Wildman–Crippen LogP) is 3.29. The number of imidazole rings is 1. The zero-order chi connectivity index (χ0) is 14.7. The second kappa shape index (κ2) is 6.05. The highest BCUT2D eigenvalue weighted by atomic mass is 32.1.